The van der Waals surface area contributed by atoms with E-state index >= 15 is 0 Å². The van der Waals surface area contributed by atoms with Gasteiger partial charge in [0.25, 0.3) is 0 Å². The van der Waals surface area contributed by atoms with Crippen molar-refractivity contribution in [1.29, 1.82) is 0 Å². The average Bonchev–Trinajstić information content (AvgIpc) is 2.40. The van der Waals surface area contributed by atoms with Crippen molar-refractivity contribution in [3.63, 3.8) is 0 Å². The molecule has 98 valence electrons. The Labute approximate surface area is 107 Å². The average molecular weight is 280 g/mol. The van der Waals surface area contributed by atoms with Crippen molar-refractivity contribution < 1.29 is 8.42 Å². The maximum Gasteiger partial charge on any atom is 0.244 e. The third-order valence-corrected chi connectivity index (χ3v) is 4.48. The van der Waals surface area contributed by atoms with Gasteiger partial charge in [-0.25, -0.2) is 13.1 Å². The highest BCUT2D eigenvalue weighted by Crippen LogP contribution is 2.18. The number of hydrogen-bond acceptors (Lipinski definition) is 3. The molecule has 0 fully saturated rings. The van der Waals surface area contributed by atoms with E-state index in [4.69, 9.17) is 11.6 Å². The van der Waals surface area contributed by atoms with Gasteiger partial charge >= 0.3 is 0 Å². The fourth-order valence-corrected chi connectivity index (χ4v) is 3.20. The second-order valence-electron chi connectivity index (χ2n) is 4.09. The van der Waals surface area contributed by atoms with Gasteiger partial charge in [-0.1, -0.05) is 0 Å². The van der Waals surface area contributed by atoms with Crippen LogP contribution in [-0.4, -0.2) is 30.1 Å². The predicted octanol–water partition coefficient (Wildman–Crippen LogP) is 1.33. The maximum absolute atomic E-state index is 12.1. The lowest BCUT2D eigenvalue weighted by atomic mass is 10.3. The van der Waals surface area contributed by atoms with Gasteiger partial charge in [0, 0.05) is 19.0 Å². The van der Waals surface area contributed by atoms with E-state index in [2.05, 4.69) is 9.82 Å². The second-order valence-corrected chi connectivity index (χ2v) is 6.54. The highest BCUT2D eigenvalue weighted by atomic mass is 35.5. The van der Waals surface area contributed by atoms with Crippen molar-refractivity contribution in [2.75, 3.05) is 6.54 Å². The third-order valence-electron chi connectivity index (χ3n) is 2.55. The summed E-state index contributed by atoms with van der Waals surface area (Å²) in [7, 11) is -1.76. The van der Waals surface area contributed by atoms with Crippen molar-refractivity contribution in [3.8, 4) is 0 Å². The zero-order chi connectivity index (χ0) is 13.2. The molecule has 1 heterocycles. The van der Waals surface area contributed by atoms with E-state index in [1.165, 1.54) is 0 Å². The van der Waals surface area contributed by atoms with Gasteiger partial charge in [-0.15, -0.1) is 11.6 Å². The standard InChI is InChI=1S/C10H18ClN3O2S/c1-7(11)5-6-12-17(15,16)10-8(2)13-14(4)9(10)3/h7,12H,5-6H2,1-4H3. The van der Waals surface area contributed by atoms with E-state index in [9.17, 15) is 8.42 Å². The summed E-state index contributed by atoms with van der Waals surface area (Å²) in [4.78, 5) is 0.266. The lowest BCUT2D eigenvalue weighted by molar-refractivity contribution is 0.577. The van der Waals surface area contributed by atoms with Crippen LogP contribution in [0.3, 0.4) is 0 Å². The molecule has 1 aromatic rings. The molecule has 1 unspecified atom stereocenters. The van der Waals surface area contributed by atoms with E-state index in [1.807, 2.05) is 6.92 Å². The van der Waals surface area contributed by atoms with Gasteiger partial charge < -0.3 is 0 Å². The van der Waals surface area contributed by atoms with Crippen LogP contribution in [0.1, 0.15) is 24.7 Å². The molecule has 0 saturated carbocycles. The first-order chi connectivity index (χ1) is 7.75. The zero-order valence-electron chi connectivity index (χ0n) is 10.5. The summed E-state index contributed by atoms with van der Waals surface area (Å²) >= 11 is 5.77. The number of hydrogen-bond donors (Lipinski definition) is 1. The van der Waals surface area contributed by atoms with Gasteiger partial charge in [-0.05, 0) is 27.2 Å². The van der Waals surface area contributed by atoms with Gasteiger partial charge in [-0.3, -0.25) is 4.68 Å². The van der Waals surface area contributed by atoms with Crippen molar-refractivity contribution in [2.24, 2.45) is 7.05 Å². The van der Waals surface area contributed by atoms with Gasteiger partial charge in [0.1, 0.15) is 4.90 Å². The quantitative estimate of drug-likeness (QED) is 0.827. The van der Waals surface area contributed by atoms with Crippen LogP contribution >= 0.6 is 11.6 Å². The Bertz CT molecular complexity index is 494. The minimum atomic E-state index is -3.49. The van der Waals surface area contributed by atoms with E-state index in [1.54, 1.807) is 25.6 Å². The minimum Gasteiger partial charge on any atom is -0.271 e. The van der Waals surface area contributed by atoms with Crippen LogP contribution in [0.2, 0.25) is 0 Å². The molecule has 0 spiro atoms. The molecule has 1 N–H and O–H groups in total. The first-order valence-electron chi connectivity index (χ1n) is 5.39. The molecule has 1 aromatic heterocycles. The first kappa shape index (κ1) is 14.5. The van der Waals surface area contributed by atoms with Gasteiger partial charge in [0.2, 0.25) is 10.0 Å². The van der Waals surface area contributed by atoms with E-state index in [-0.39, 0.29) is 10.3 Å². The monoisotopic (exact) mass is 279 g/mol. The number of aromatic nitrogens is 2. The lowest BCUT2D eigenvalue weighted by Gasteiger charge is -2.07. The first-order valence-corrected chi connectivity index (χ1v) is 7.31. The number of nitrogens with one attached hydrogen (secondary N) is 1. The van der Waals surface area contributed by atoms with Crippen LogP contribution in [-0.2, 0) is 17.1 Å². The fraction of sp³-hybridized carbons (Fsp3) is 0.700. The predicted molar refractivity (Wildman–Crippen MR) is 67.8 cm³/mol. The molecule has 0 aliphatic heterocycles. The number of halogens is 1. The second kappa shape index (κ2) is 5.37. The summed E-state index contributed by atoms with van der Waals surface area (Å²) in [5.74, 6) is 0. The summed E-state index contributed by atoms with van der Waals surface area (Å²) in [6.45, 7) is 5.58. The molecule has 5 nitrogen and oxygen atoms in total. The molecule has 1 atom stereocenters. The van der Waals surface area contributed by atoms with Crippen LogP contribution in [0.5, 0.6) is 0 Å². The Balaban J connectivity index is 2.90. The lowest BCUT2D eigenvalue weighted by Crippen LogP contribution is -2.27. The summed E-state index contributed by atoms with van der Waals surface area (Å²) in [5.41, 5.74) is 1.14. The molecule has 0 bridgehead atoms. The van der Waals surface area contributed by atoms with Crippen LogP contribution in [0.15, 0.2) is 4.90 Å². The van der Waals surface area contributed by atoms with E-state index < -0.39 is 10.0 Å². The van der Waals surface area contributed by atoms with Crippen LogP contribution < -0.4 is 4.72 Å². The van der Waals surface area contributed by atoms with Crippen LogP contribution in [0.25, 0.3) is 0 Å². The van der Waals surface area contributed by atoms with Crippen molar-refractivity contribution in [2.45, 2.75) is 37.5 Å². The molecule has 0 amide bonds. The summed E-state index contributed by atoms with van der Waals surface area (Å²) in [6.07, 6.45) is 0.596. The normalized spacial score (nSPS) is 13.9. The van der Waals surface area contributed by atoms with Gasteiger partial charge in [0.15, 0.2) is 0 Å². The number of alkyl halides is 1. The summed E-state index contributed by atoms with van der Waals surface area (Å²) in [5, 5.41) is 4.04. The van der Waals surface area contributed by atoms with E-state index in [0.717, 1.165) is 0 Å². The SMILES string of the molecule is Cc1nn(C)c(C)c1S(=O)(=O)NCCC(C)Cl. The Morgan fingerprint density at radius 1 is 1.47 bits per heavy atom. The number of nitrogens with zero attached hydrogens (tertiary/aromatic N) is 2. The Morgan fingerprint density at radius 2 is 2.06 bits per heavy atom. The van der Waals surface area contributed by atoms with Gasteiger partial charge in [-0.2, -0.15) is 5.10 Å². The Morgan fingerprint density at radius 3 is 2.47 bits per heavy atom. The Kier molecular flexibility index (Phi) is 4.57. The molecule has 1 rings (SSSR count). The number of aryl methyl sites for hydroxylation is 2. The molecular weight excluding hydrogens is 262 g/mol. The highest BCUT2D eigenvalue weighted by Gasteiger charge is 2.23. The molecule has 0 aliphatic carbocycles. The Hall–Kier alpha value is -0.590. The number of sulfonamides is 1. The third kappa shape index (κ3) is 3.43. The fourth-order valence-electron chi connectivity index (χ4n) is 1.61. The topological polar surface area (TPSA) is 64.0 Å². The summed E-state index contributed by atoms with van der Waals surface area (Å²) in [6, 6.07) is 0. The smallest absolute Gasteiger partial charge is 0.244 e. The zero-order valence-corrected chi connectivity index (χ0v) is 12.1. The summed E-state index contributed by atoms with van der Waals surface area (Å²) < 4.78 is 28.2. The highest BCUT2D eigenvalue weighted by molar-refractivity contribution is 7.89. The largest absolute Gasteiger partial charge is 0.271 e. The van der Waals surface area contributed by atoms with E-state index in [0.29, 0.717) is 24.4 Å². The van der Waals surface area contributed by atoms with Crippen molar-refractivity contribution in [1.82, 2.24) is 14.5 Å². The molecule has 7 heteroatoms. The van der Waals surface area contributed by atoms with Crippen molar-refractivity contribution >= 4 is 21.6 Å². The van der Waals surface area contributed by atoms with Crippen LogP contribution in [0.4, 0.5) is 0 Å². The molecule has 0 radical (unpaired) electrons. The van der Waals surface area contributed by atoms with Gasteiger partial charge in [0.05, 0.1) is 11.4 Å². The molecule has 17 heavy (non-hydrogen) atoms. The molecule has 0 saturated heterocycles. The minimum absolute atomic E-state index is 0.0474. The molecule has 0 aliphatic rings. The van der Waals surface area contributed by atoms with Crippen molar-refractivity contribution in [3.05, 3.63) is 11.4 Å². The maximum atomic E-state index is 12.1. The molecular formula is C10H18ClN3O2S. The number of rotatable bonds is 5. The molecule has 0 aromatic carbocycles. The van der Waals surface area contributed by atoms with Crippen LogP contribution in [0, 0.1) is 13.8 Å².